The SMILES string of the molecule is COc1ccc(-c2nc(NC(=O)c3cc(OC)c(OC)c(OC)c3)sc2C(C)c2ccccc2)cc1. The minimum absolute atomic E-state index is 0.0765. The summed E-state index contributed by atoms with van der Waals surface area (Å²) in [6.45, 7) is 2.14. The first-order chi connectivity index (χ1) is 17.5. The summed E-state index contributed by atoms with van der Waals surface area (Å²) in [5.41, 5.74) is 3.29. The van der Waals surface area contributed by atoms with Crippen molar-refractivity contribution < 1.29 is 23.7 Å². The molecule has 1 heterocycles. The quantitative estimate of drug-likeness (QED) is 0.290. The normalized spacial score (nSPS) is 11.5. The number of carbonyl (C=O) groups is 1. The van der Waals surface area contributed by atoms with E-state index >= 15 is 0 Å². The van der Waals surface area contributed by atoms with Crippen molar-refractivity contribution in [3.05, 3.63) is 82.7 Å². The van der Waals surface area contributed by atoms with Crippen LogP contribution in [0, 0.1) is 0 Å². The number of carbonyl (C=O) groups excluding carboxylic acids is 1. The lowest BCUT2D eigenvalue weighted by Gasteiger charge is -2.13. The molecule has 0 saturated heterocycles. The molecule has 4 aromatic rings. The van der Waals surface area contributed by atoms with Crippen molar-refractivity contribution in [2.45, 2.75) is 12.8 Å². The van der Waals surface area contributed by atoms with Gasteiger partial charge in [0.15, 0.2) is 16.6 Å². The van der Waals surface area contributed by atoms with E-state index in [1.165, 1.54) is 38.2 Å². The number of nitrogens with one attached hydrogen (secondary N) is 1. The summed E-state index contributed by atoms with van der Waals surface area (Å²) >= 11 is 1.46. The first-order valence-electron chi connectivity index (χ1n) is 11.3. The molecule has 0 fully saturated rings. The molecule has 3 aromatic carbocycles. The van der Waals surface area contributed by atoms with Gasteiger partial charge in [-0.05, 0) is 42.0 Å². The number of thiazole rings is 1. The highest BCUT2D eigenvalue weighted by Gasteiger charge is 2.22. The van der Waals surface area contributed by atoms with E-state index in [2.05, 4.69) is 24.4 Å². The van der Waals surface area contributed by atoms with Gasteiger partial charge in [-0.2, -0.15) is 0 Å². The van der Waals surface area contributed by atoms with Crippen LogP contribution < -0.4 is 24.3 Å². The lowest BCUT2D eigenvalue weighted by Crippen LogP contribution is -2.12. The van der Waals surface area contributed by atoms with Crippen molar-refractivity contribution in [1.29, 1.82) is 0 Å². The summed E-state index contributed by atoms with van der Waals surface area (Å²) in [6.07, 6.45) is 0. The summed E-state index contributed by atoms with van der Waals surface area (Å²) in [5.74, 6) is 1.74. The van der Waals surface area contributed by atoms with Gasteiger partial charge in [0, 0.05) is 21.9 Å². The van der Waals surface area contributed by atoms with Crippen LogP contribution in [-0.2, 0) is 0 Å². The van der Waals surface area contributed by atoms with E-state index in [-0.39, 0.29) is 11.8 Å². The van der Waals surface area contributed by atoms with Crippen LogP contribution in [0.1, 0.15) is 33.6 Å². The van der Waals surface area contributed by atoms with Gasteiger partial charge in [0.2, 0.25) is 5.75 Å². The van der Waals surface area contributed by atoms with Crippen LogP contribution in [0.4, 0.5) is 5.13 Å². The van der Waals surface area contributed by atoms with Gasteiger partial charge in [-0.15, -0.1) is 11.3 Å². The highest BCUT2D eigenvalue weighted by atomic mass is 32.1. The Morgan fingerprint density at radius 1 is 0.861 bits per heavy atom. The Bertz CT molecular complexity index is 1310. The molecule has 36 heavy (non-hydrogen) atoms. The van der Waals surface area contributed by atoms with E-state index in [0.29, 0.717) is 27.9 Å². The molecule has 1 amide bonds. The second-order valence-corrected chi connectivity index (χ2v) is 8.99. The van der Waals surface area contributed by atoms with Gasteiger partial charge in [-0.1, -0.05) is 37.3 Å². The molecule has 1 N–H and O–H groups in total. The van der Waals surface area contributed by atoms with E-state index in [0.717, 1.165) is 21.9 Å². The van der Waals surface area contributed by atoms with Crippen molar-refractivity contribution in [3.63, 3.8) is 0 Å². The average Bonchev–Trinajstić information content (AvgIpc) is 3.35. The van der Waals surface area contributed by atoms with Crippen LogP contribution in [0.5, 0.6) is 23.0 Å². The maximum absolute atomic E-state index is 13.2. The fraction of sp³-hybridized carbons (Fsp3) is 0.214. The topological polar surface area (TPSA) is 78.9 Å². The standard InChI is InChI=1S/C28H28N2O5S/c1-17(18-9-7-6-8-10-18)26-24(19-11-13-21(32-2)14-12-19)29-28(36-26)30-27(31)20-15-22(33-3)25(35-5)23(16-20)34-4/h6-17H,1-5H3,(H,29,30,31). The van der Waals surface area contributed by atoms with Crippen LogP contribution in [0.25, 0.3) is 11.3 Å². The van der Waals surface area contributed by atoms with E-state index in [4.69, 9.17) is 23.9 Å². The number of methoxy groups -OCH3 is 4. The van der Waals surface area contributed by atoms with Crippen molar-refractivity contribution in [3.8, 4) is 34.3 Å². The first kappa shape index (κ1) is 25.1. The Kier molecular flexibility index (Phi) is 7.75. The maximum Gasteiger partial charge on any atom is 0.257 e. The fourth-order valence-corrected chi connectivity index (χ4v) is 4.97. The predicted molar refractivity (Wildman–Crippen MR) is 142 cm³/mol. The Hall–Kier alpha value is -4.04. The number of benzene rings is 3. The third-order valence-corrected chi connectivity index (χ3v) is 7.01. The monoisotopic (exact) mass is 504 g/mol. The van der Waals surface area contributed by atoms with Gasteiger partial charge < -0.3 is 18.9 Å². The van der Waals surface area contributed by atoms with Gasteiger partial charge in [-0.25, -0.2) is 4.98 Å². The number of anilines is 1. The second-order valence-electron chi connectivity index (χ2n) is 7.96. The number of amides is 1. The molecule has 0 aliphatic rings. The average molecular weight is 505 g/mol. The molecule has 4 rings (SSSR count). The third kappa shape index (κ3) is 5.13. The van der Waals surface area contributed by atoms with Gasteiger partial charge in [-0.3, -0.25) is 10.1 Å². The lowest BCUT2D eigenvalue weighted by atomic mass is 9.96. The molecule has 7 nitrogen and oxygen atoms in total. The smallest absolute Gasteiger partial charge is 0.257 e. The largest absolute Gasteiger partial charge is 0.497 e. The fourth-order valence-electron chi connectivity index (χ4n) is 3.91. The molecule has 0 radical (unpaired) electrons. The van der Waals surface area contributed by atoms with E-state index in [9.17, 15) is 4.79 Å². The maximum atomic E-state index is 13.2. The van der Waals surface area contributed by atoms with E-state index in [1.54, 1.807) is 19.2 Å². The number of aromatic nitrogens is 1. The van der Waals surface area contributed by atoms with Gasteiger partial charge in [0.1, 0.15) is 5.75 Å². The molecule has 186 valence electrons. The molecule has 1 unspecified atom stereocenters. The number of hydrogen-bond acceptors (Lipinski definition) is 7. The molecule has 8 heteroatoms. The number of ether oxygens (including phenoxy) is 4. The lowest BCUT2D eigenvalue weighted by molar-refractivity contribution is 0.102. The third-order valence-electron chi connectivity index (χ3n) is 5.86. The zero-order valence-corrected chi connectivity index (χ0v) is 21.6. The van der Waals surface area contributed by atoms with E-state index in [1.807, 2.05) is 42.5 Å². The molecular formula is C28H28N2O5S. The molecule has 0 saturated carbocycles. The molecule has 0 aliphatic carbocycles. The van der Waals surface area contributed by atoms with Gasteiger partial charge in [0.25, 0.3) is 5.91 Å². The van der Waals surface area contributed by atoms with Crippen LogP contribution in [0.3, 0.4) is 0 Å². The second kappa shape index (κ2) is 11.1. The summed E-state index contributed by atoms with van der Waals surface area (Å²) in [6, 6.07) is 21.2. The number of nitrogens with zero attached hydrogens (tertiary/aromatic N) is 1. The van der Waals surface area contributed by atoms with Crippen LogP contribution >= 0.6 is 11.3 Å². The first-order valence-corrected chi connectivity index (χ1v) is 12.1. The summed E-state index contributed by atoms with van der Waals surface area (Å²) < 4.78 is 21.5. The van der Waals surface area contributed by atoms with Crippen molar-refractivity contribution >= 4 is 22.4 Å². The Labute approximate surface area is 214 Å². The zero-order chi connectivity index (χ0) is 25.7. The zero-order valence-electron chi connectivity index (χ0n) is 20.8. The van der Waals surface area contributed by atoms with Crippen LogP contribution in [0.2, 0.25) is 0 Å². The Morgan fingerprint density at radius 3 is 2.06 bits per heavy atom. The van der Waals surface area contributed by atoms with E-state index < -0.39 is 0 Å². The summed E-state index contributed by atoms with van der Waals surface area (Å²) in [7, 11) is 6.18. The minimum Gasteiger partial charge on any atom is -0.497 e. The van der Waals surface area contributed by atoms with Crippen molar-refractivity contribution in [1.82, 2.24) is 4.98 Å². The van der Waals surface area contributed by atoms with Gasteiger partial charge in [0.05, 0.1) is 34.1 Å². The van der Waals surface area contributed by atoms with Crippen LogP contribution in [-0.4, -0.2) is 39.3 Å². The van der Waals surface area contributed by atoms with Gasteiger partial charge >= 0.3 is 0 Å². The Morgan fingerprint density at radius 2 is 1.50 bits per heavy atom. The summed E-state index contributed by atoms with van der Waals surface area (Å²) in [4.78, 5) is 19.1. The van der Waals surface area contributed by atoms with Crippen LogP contribution in [0.15, 0.2) is 66.7 Å². The highest BCUT2D eigenvalue weighted by molar-refractivity contribution is 7.16. The summed E-state index contributed by atoms with van der Waals surface area (Å²) in [5, 5.41) is 3.45. The van der Waals surface area contributed by atoms with Crippen molar-refractivity contribution in [2.24, 2.45) is 0 Å². The van der Waals surface area contributed by atoms with Crippen molar-refractivity contribution in [2.75, 3.05) is 33.8 Å². The highest BCUT2D eigenvalue weighted by Crippen LogP contribution is 2.41. The molecule has 0 spiro atoms. The minimum atomic E-state index is -0.330. The number of hydrogen-bond donors (Lipinski definition) is 1. The number of rotatable bonds is 9. The predicted octanol–water partition coefficient (Wildman–Crippen LogP) is 6.25. The molecular weight excluding hydrogens is 476 g/mol. The molecule has 0 bridgehead atoms. The molecule has 0 aliphatic heterocycles. The molecule has 1 aromatic heterocycles. The molecule has 1 atom stereocenters. The Balaban J connectivity index is 1.71.